The zero-order chi connectivity index (χ0) is 12.8. The molecule has 1 fully saturated rings. The SMILES string of the molecule is CN(CCc1ccccc1)C1CCCCCC1=O. The molecule has 18 heavy (non-hydrogen) atoms. The van der Waals surface area contributed by atoms with Gasteiger partial charge in [0.25, 0.3) is 0 Å². The molecule has 0 N–H and O–H groups in total. The summed E-state index contributed by atoms with van der Waals surface area (Å²) in [6, 6.07) is 10.7. The lowest BCUT2D eigenvalue weighted by Gasteiger charge is -2.25. The maximum absolute atomic E-state index is 12.0. The highest BCUT2D eigenvalue weighted by molar-refractivity contribution is 5.84. The highest BCUT2D eigenvalue weighted by atomic mass is 16.1. The minimum absolute atomic E-state index is 0.163. The lowest BCUT2D eigenvalue weighted by Crippen LogP contribution is -2.38. The summed E-state index contributed by atoms with van der Waals surface area (Å²) in [6.45, 7) is 0.973. The summed E-state index contributed by atoms with van der Waals surface area (Å²) >= 11 is 0. The van der Waals surface area contributed by atoms with E-state index in [4.69, 9.17) is 0 Å². The van der Waals surface area contributed by atoms with E-state index in [1.54, 1.807) is 0 Å². The van der Waals surface area contributed by atoms with Crippen LogP contribution in [0.25, 0.3) is 0 Å². The van der Waals surface area contributed by atoms with Crippen molar-refractivity contribution in [3.05, 3.63) is 35.9 Å². The van der Waals surface area contributed by atoms with E-state index in [-0.39, 0.29) is 6.04 Å². The van der Waals surface area contributed by atoms with Gasteiger partial charge in [0, 0.05) is 13.0 Å². The zero-order valence-electron chi connectivity index (χ0n) is 11.3. The first-order chi connectivity index (χ1) is 8.77. The lowest BCUT2D eigenvalue weighted by atomic mass is 10.1. The van der Waals surface area contributed by atoms with E-state index in [1.807, 2.05) is 6.07 Å². The number of hydrogen-bond acceptors (Lipinski definition) is 2. The Morgan fingerprint density at radius 2 is 1.94 bits per heavy atom. The van der Waals surface area contributed by atoms with Crippen molar-refractivity contribution >= 4 is 5.78 Å². The summed E-state index contributed by atoms with van der Waals surface area (Å²) in [5, 5.41) is 0. The van der Waals surface area contributed by atoms with Crippen LogP contribution in [0.1, 0.15) is 37.7 Å². The predicted molar refractivity (Wildman–Crippen MR) is 74.7 cm³/mol. The number of benzene rings is 1. The van der Waals surface area contributed by atoms with E-state index in [1.165, 1.54) is 18.4 Å². The molecule has 0 saturated heterocycles. The third kappa shape index (κ3) is 3.67. The van der Waals surface area contributed by atoms with Gasteiger partial charge in [-0.2, -0.15) is 0 Å². The van der Waals surface area contributed by atoms with E-state index in [9.17, 15) is 4.79 Å². The molecule has 1 saturated carbocycles. The third-order valence-corrected chi connectivity index (χ3v) is 3.90. The van der Waals surface area contributed by atoms with Gasteiger partial charge >= 0.3 is 0 Å². The molecule has 2 heteroatoms. The van der Waals surface area contributed by atoms with Gasteiger partial charge in [-0.05, 0) is 31.9 Å². The van der Waals surface area contributed by atoms with Crippen LogP contribution in [0.4, 0.5) is 0 Å². The van der Waals surface area contributed by atoms with Crippen LogP contribution in [0.2, 0.25) is 0 Å². The minimum atomic E-state index is 0.163. The highest BCUT2D eigenvalue weighted by Gasteiger charge is 2.24. The van der Waals surface area contributed by atoms with Crippen LogP contribution in [-0.4, -0.2) is 30.3 Å². The molecule has 0 heterocycles. The highest BCUT2D eigenvalue weighted by Crippen LogP contribution is 2.18. The standard InChI is InChI=1S/C16H23NO/c1-17(13-12-14-8-4-2-5-9-14)15-10-6-3-7-11-16(15)18/h2,4-5,8-9,15H,3,6-7,10-13H2,1H3. The predicted octanol–water partition coefficient (Wildman–Crippen LogP) is 3.06. The number of ketones is 1. The monoisotopic (exact) mass is 245 g/mol. The Kier molecular flexibility index (Phi) is 4.94. The number of carbonyl (C=O) groups is 1. The largest absolute Gasteiger partial charge is 0.298 e. The minimum Gasteiger partial charge on any atom is -0.298 e. The van der Waals surface area contributed by atoms with Crippen LogP contribution >= 0.6 is 0 Å². The molecule has 0 spiro atoms. The number of Topliss-reactive ketones (excluding diaryl/α,β-unsaturated/α-hetero) is 1. The van der Waals surface area contributed by atoms with Crippen molar-refractivity contribution in [2.24, 2.45) is 0 Å². The van der Waals surface area contributed by atoms with Crippen molar-refractivity contribution in [2.45, 2.75) is 44.6 Å². The molecule has 0 amide bonds. The molecule has 1 atom stereocenters. The summed E-state index contributed by atoms with van der Waals surface area (Å²) in [5.74, 6) is 0.447. The Morgan fingerprint density at radius 3 is 2.72 bits per heavy atom. The van der Waals surface area contributed by atoms with Gasteiger partial charge in [-0.15, -0.1) is 0 Å². The van der Waals surface area contributed by atoms with Crippen LogP contribution in [-0.2, 0) is 11.2 Å². The quantitative estimate of drug-likeness (QED) is 0.760. The van der Waals surface area contributed by atoms with Gasteiger partial charge in [-0.1, -0.05) is 43.2 Å². The van der Waals surface area contributed by atoms with Gasteiger partial charge in [0.05, 0.1) is 6.04 Å². The second-order valence-corrected chi connectivity index (χ2v) is 5.30. The van der Waals surface area contributed by atoms with Crippen LogP contribution < -0.4 is 0 Å². The van der Waals surface area contributed by atoms with Crippen molar-refractivity contribution in [1.82, 2.24) is 4.90 Å². The number of carbonyl (C=O) groups excluding carboxylic acids is 1. The first kappa shape index (κ1) is 13.3. The van der Waals surface area contributed by atoms with E-state index < -0.39 is 0 Å². The molecule has 0 aliphatic heterocycles. The van der Waals surface area contributed by atoms with Crippen molar-refractivity contribution in [3.8, 4) is 0 Å². The van der Waals surface area contributed by atoms with Gasteiger partial charge < -0.3 is 0 Å². The normalized spacial score (nSPS) is 21.0. The summed E-state index contributed by atoms with van der Waals surface area (Å²) in [6.07, 6.45) is 6.36. The van der Waals surface area contributed by atoms with Gasteiger partial charge in [0.15, 0.2) is 0 Å². The van der Waals surface area contributed by atoms with E-state index in [0.29, 0.717) is 5.78 Å². The molecular weight excluding hydrogens is 222 g/mol. The molecule has 1 aliphatic rings. The maximum atomic E-state index is 12.0. The van der Waals surface area contributed by atoms with E-state index in [0.717, 1.165) is 32.2 Å². The fourth-order valence-corrected chi connectivity index (χ4v) is 2.71. The average Bonchev–Trinajstić information content (AvgIpc) is 2.62. The van der Waals surface area contributed by atoms with Crippen LogP contribution in [0, 0.1) is 0 Å². The van der Waals surface area contributed by atoms with Gasteiger partial charge in [0.2, 0.25) is 0 Å². The summed E-state index contributed by atoms with van der Waals surface area (Å²) in [4.78, 5) is 14.3. The Morgan fingerprint density at radius 1 is 1.17 bits per heavy atom. The molecule has 1 aromatic carbocycles. The summed E-state index contributed by atoms with van der Waals surface area (Å²) in [7, 11) is 2.09. The molecule has 2 nitrogen and oxygen atoms in total. The molecule has 2 rings (SSSR count). The van der Waals surface area contributed by atoms with Gasteiger partial charge in [-0.25, -0.2) is 0 Å². The Bertz CT molecular complexity index is 374. The van der Waals surface area contributed by atoms with Crippen molar-refractivity contribution in [1.29, 1.82) is 0 Å². The second kappa shape index (κ2) is 6.69. The number of likely N-dealkylation sites (N-methyl/N-ethyl adjacent to an activating group) is 1. The van der Waals surface area contributed by atoms with Gasteiger partial charge in [0.1, 0.15) is 5.78 Å². The van der Waals surface area contributed by atoms with E-state index >= 15 is 0 Å². The number of nitrogens with zero attached hydrogens (tertiary/aromatic N) is 1. The topological polar surface area (TPSA) is 20.3 Å². The summed E-state index contributed by atoms with van der Waals surface area (Å²) in [5.41, 5.74) is 1.35. The molecule has 1 aromatic rings. The number of rotatable bonds is 4. The third-order valence-electron chi connectivity index (χ3n) is 3.90. The lowest BCUT2D eigenvalue weighted by molar-refractivity contribution is -0.123. The number of hydrogen-bond donors (Lipinski definition) is 0. The Balaban J connectivity index is 1.86. The smallest absolute Gasteiger partial charge is 0.149 e. The van der Waals surface area contributed by atoms with Crippen molar-refractivity contribution < 1.29 is 4.79 Å². The van der Waals surface area contributed by atoms with Crippen molar-refractivity contribution in [2.75, 3.05) is 13.6 Å². The first-order valence-corrected chi connectivity index (χ1v) is 7.04. The molecule has 0 radical (unpaired) electrons. The molecule has 98 valence electrons. The van der Waals surface area contributed by atoms with Crippen molar-refractivity contribution in [3.63, 3.8) is 0 Å². The fourth-order valence-electron chi connectivity index (χ4n) is 2.71. The zero-order valence-corrected chi connectivity index (χ0v) is 11.3. The van der Waals surface area contributed by atoms with Crippen LogP contribution in [0.5, 0.6) is 0 Å². The second-order valence-electron chi connectivity index (χ2n) is 5.30. The summed E-state index contributed by atoms with van der Waals surface area (Å²) < 4.78 is 0. The maximum Gasteiger partial charge on any atom is 0.149 e. The first-order valence-electron chi connectivity index (χ1n) is 7.04. The van der Waals surface area contributed by atoms with Crippen LogP contribution in [0.15, 0.2) is 30.3 Å². The van der Waals surface area contributed by atoms with Gasteiger partial charge in [-0.3, -0.25) is 9.69 Å². The Hall–Kier alpha value is -1.15. The average molecular weight is 245 g/mol. The molecular formula is C16H23NO. The molecule has 1 aliphatic carbocycles. The van der Waals surface area contributed by atoms with E-state index in [2.05, 4.69) is 36.2 Å². The van der Waals surface area contributed by atoms with Crippen LogP contribution in [0.3, 0.4) is 0 Å². The molecule has 0 bridgehead atoms. The molecule has 1 unspecified atom stereocenters. The Labute approximate surface area is 110 Å². The molecule has 0 aromatic heterocycles. The fraction of sp³-hybridized carbons (Fsp3) is 0.562.